The highest BCUT2D eigenvalue weighted by molar-refractivity contribution is 7.89. The van der Waals surface area contributed by atoms with E-state index in [1.807, 2.05) is 12.1 Å². The van der Waals surface area contributed by atoms with Gasteiger partial charge in [-0.1, -0.05) is 18.2 Å². The number of ketones is 1. The maximum Gasteiger partial charge on any atom is 0.240 e. The Bertz CT molecular complexity index is 1020. The summed E-state index contributed by atoms with van der Waals surface area (Å²) in [5.74, 6) is 1.46. The molecule has 8 heteroatoms. The van der Waals surface area contributed by atoms with Crippen molar-refractivity contribution in [3.05, 3.63) is 53.6 Å². The number of rotatable bonds is 7. The summed E-state index contributed by atoms with van der Waals surface area (Å²) in [7, 11) is -3.61. The molecule has 30 heavy (non-hydrogen) atoms. The van der Waals surface area contributed by atoms with Gasteiger partial charge < -0.3 is 9.47 Å². The average molecular weight is 431 g/mol. The Hall–Kier alpha value is -2.42. The van der Waals surface area contributed by atoms with E-state index in [2.05, 4.69) is 15.7 Å². The van der Waals surface area contributed by atoms with E-state index in [9.17, 15) is 13.2 Å². The molecule has 1 saturated heterocycles. The van der Waals surface area contributed by atoms with E-state index in [4.69, 9.17) is 9.47 Å². The van der Waals surface area contributed by atoms with Crippen LogP contribution in [0.4, 0.5) is 0 Å². The second-order valence-electron chi connectivity index (χ2n) is 7.58. The maximum atomic E-state index is 12.6. The molecule has 0 radical (unpaired) electrons. The van der Waals surface area contributed by atoms with Crippen molar-refractivity contribution >= 4 is 15.8 Å². The Morgan fingerprint density at radius 3 is 2.57 bits per heavy atom. The lowest BCUT2D eigenvalue weighted by molar-refractivity contribution is 0.101. The van der Waals surface area contributed by atoms with Crippen LogP contribution in [-0.2, 0) is 10.0 Å². The zero-order chi connectivity index (χ0) is 21.1. The van der Waals surface area contributed by atoms with Crippen molar-refractivity contribution in [1.82, 2.24) is 9.62 Å². The minimum Gasteiger partial charge on any atom is -0.486 e. The van der Waals surface area contributed by atoms with Gasteiger partial charge in [0, 0.05) is 24.7 Å². The van der Waals surface area contributed by atoms with E-state index >= 15 is 0 Å². The molecule has 0 aliphatic carbocycles. The third-order valence-corrected chi connectivity index (χ3v) is 7.05. The summed E-state index contributed by atoms with van der Waals surface area (Å²) in [5, 5.41) is 0. The van der Waals surface area contributed by atoms with Gasteiger partial charge in [0.1, 0.15) is 13.2 Å². The number of sulfonamides is 1. The molecule has 160 valence electrons. The second kappa shape index (κ2) is 8.75. The summed E-state index contributed by atoms with van der Waals surface area (Å²) < 4.78 is 39.1. The van der Waals surface area contributed by atoms with E-state index in [1.54, 1.807) is 0 Å². The van der Waals surface area contributed by atoms with Crippen LogP contribution < -0.4 is 14.2 Å². The summed E-state index contributed by atoms with van der Waals surface area (Å²) in [4.78, 5) is 13.8. The molecule has 2 aliphatic rings. The molecule has 1 atom stereocenters. The largest absolute Gasteiger partial charge is 0.486 e. The monoisotopic (exact) mass is 430 g/mol. The van der Waals surface area contributed by atoms with E-state index in [0.717, 1.165) is 30.9 Å². The molecule has 0 saturated carbocycles. The summed E-state index contributed by atoms with van der Waals surface area (Å²) in [6.45, 7) is 4.44. The smallest absolute Gasteiger partial charge is 0.240 e. The van der Waals surface area contributed by atoms with Gasteiger partial charge >= 0.3 is 0 Å². The Morgan fingerprint density at radius 1 is 1.10 bits per heavy atom. The Labute approximate surface area is 177 Å². The molecule has 4 rings (SSSR count). The number of Topliss-reactive ketones (excluding diaryl/α,β-unsaturated/α-hetero) is 1. The molecule has 2 heterocycles. The number of hydrogen-bond donors (Lipinski definition) is 1. The summed E-state index contributed by atoms with van der Waals surface area (Å²) in [6, 6.07) is 12.3. The highest BCUT2D eigenvalue weighted by atomic mass is 32.2. The fourth-order valence-electron chi connectivity index (χ4n) is 4.01. The van der Waals surface area contributed by atoms with Crippen LogP contribution in [0.3, 0.4) is 0 Å². The molecule has 2 aliphatic heterocycles. The molecule has 2 aromatic rings. The standard InChI is InChI=1S/C22H26N2O5S/c1-16(25)17-4-7-19(8-5-17)30(26,27)23-10-12-24-11-2-3-20(24)18-6-9-21-22(15-18)29-14-13-28-21/h4-9,15,20,23H,2-3,10-14H2,1H3. The van der Waals surface area contributed by atoms with Crippen LogP contribution in [-0.4, -0.2) is 51.9 Å². The normalized spacial score (nSPS) is 19.0. The van der Waals surface area contributed by atoms with Crippen LogP contribution >= 0.6 is 0 Å². The molecule has 1 unspecified atom stereocenters. The summed E-state index contributed by atoms with van der Waals surface area (Å²) in [5.41, 5.74) is 1.66. The first-order valence-electron chi connectivity index (χ1n) is 10.2. The predicted molar refractivity (Wildman–Crippen MR) is 113 cm³/mol. The number of nitrogens with zero attached hydrogens (tertiary/aromatic N) is 1. The van der Waals surface area contributed by atoms with Gasteiger partial charge in [-0.05, 0) is 56.1 Å². The van der Waals surface area contributed by atoms with E-state index in [0.29, 0.717) is 31.9 Å². The van der Waals surface area contributed by atoms with Crippen LogP contribution in [0.1, 0.15) is 41.7 Å². The average Bonchev–Trinajstić information content (AvgIpc) is 3.22. The van der Waals surface area contributed by atoms with Gasteiger partial charge in [0.2, 0.25) is 10.0 Å². The van der Waals surface area contributed by atoms with Gasteiger partial charge in [-0.25, -0.2) is 13.1 Å². The number of hydrogen-bond acceptors (Lipinski definition) is 6. The van der Waals surface area contributed by atoms with Crippen molar-refractivity contribution in [2.75, 3.05) is 32.8 Å². The molecule has 1 fully saturated rings. The number of likely N-dealkylation sites (tertiary alicyclic amines) is 1. The molecule has 0 aromatic heterocycles. The SMILES string of the molecule is CC(=O)c1ccc(S(=O)(=O)NCCN2CCCC2c2ccc3c(c2)OCCO3)cc1. The highest BCUT2D eigenvalue weighted by Crippen LogP contribution is 2.37. The van der Waals surface area contributed by atoms with Gasteiger partial charge in [-0.2, -0.15) is 0 Å². The number of nitrogens with one attached hydrogen (secondary N) is 1. The van der Waals surface area contributed by atoms with Crippen molar-refractivity contribution in [1.29, 1.82) is 0 Å². The zero-order valence-electron chi connectivity index (χ0n) is 17.0. The Balaban J connectivity index is 1.37. The molecule has 2 aromatic carbocycles. The van der Waals surface area contributed by atoms with Gasteiger partial charge in [-0.3, -0.25) is 9.69 Å². The van der Waals surface area contributed by atoms with Crippen LogP contribution in [0.5, 0.6) is 11.5 Å². The minimum atomic E-state index is -3.61. The predicted octanol–water partition coefficient (Wildman–Crippen LogP) is 2.78. The lowest BCUT2D eigenvalue weighted by atomic mass is 10.0. The lowest BCUT2D eigenvalue weighted by Crippen LogP contribution is -2.34. The molecule has 0 spiro atoms. The quantitative estimate of drug-likeness (QED) is 0.680. The van der Waals surface area contributed by atoms with Gasteiger partial charge in [0.05, 0.1) is 4.90 Å². The summed E-state index contributed by atoms with van der Waals surface area (Å²) in [6.07, 6.45) is 2.09. The number of ether oxygens (including phenoxy) is 2. The molecule has 1 N–H and O–H groups in total. The van der Waals surface area contributed by atoms with Crippen molar-refractivity contribution in [3.8, 4) is 11.5 Å². The number of fused-ring (bicyclic) bond motifs is 1. The fourth-order valence-corrected chi connectivity index (χ4v) is 5.04. The zero-order valence-corrected chi connectivity index (χ0v) is 17.8. The third-order valence-electron chi connectivity index (χ3n) is 5.58. The van der Waals surface area contributed by atoms with Gasteiger partial charge in [0.15, 0.2) is 17.3 Å². The first kappa shape index (κ1) is 20.8. The van der Waals surface area contributed by atoms with Crippen molar-refractivity contribution in [3.63, 3.8) is 0 Å². The lowest BCUT2D eigenvalue weighted by Gasteiger charge is -2.26. The van der Waals surface area contributed by atoms with Crippen molar-refractivity contribution in [2.24, 2.45) is 0 Å². The van der Waals surface area contributed by atoms with Crippen molar-refractivity contribution < 1.29 is 22.7 Å². The number of carbonyl (C=O) groups is 1. The minimum absolute atomic E-state index is 0.0916. The van der Waals surface area contributed by atoms with E-state index in [1.165, 1.54) is 36.8 Å². The highest BCUT2D eigenvalue weighted by Gasteiger charge is 2.27. The van der Waals surface area contributed by atoms with Crippen LogP contribution in [0.15, 0.2) is 47.4 Å². The van der Waals surface area contributed by atoms with E-state index in [-0.39, 0.29) is 16.7 Å². The van der Waals surface area contributed by atoms with Crippen molar-refractivity contribution in [2.45, 2.75) is 30.7 Å². The van der Waals surface area contributed by atoms with Crippen LogP contribution in [0.25, 0.3) is 0 Å². The topological polar surface area (TPSA) is 84.9 Å². The number of carbonyl (C=O) groups excluding carboxylic acids is 1. The molecule has 0 bridgehead atoms. The molecular formula is C22H26N2O5S. The van der Waals surface area contributed by atoms with Crippen LogP contribution in [0, 0.1) is 0 Å². The number of benzene rings is 2. The first-order chi connectivity index (χ1) is 14.4. The maximum absolute atomic E-state index is 12.6. The van der Waals surface area contributed by atoms with Crippen LogP contribution in [0.2, 0.25) is 0 Å². The Morgan fingerprint density at radius 2 is 1.83 bits per heavy atom. The van der Waals surface area contributed by atoms with Gasteiger partial charge in [-0.15, -0.1) is 0 Å². The fraction of sp³-hybridized carbons (Fsp3) is 0.409. The Kier molecular flexibility index (Phi) is 6.08. The molecular weight excluding hydrogens is 404 g/mol. The van der Waals surface area contributed by atoms with Gasteiger partial charge in [0.25, 0.3) is 0 Å². The third kappa shape index (κ3) is 4.50. The molecule has 0 amide bonds. The molecule has 7 nitrogen and oxygen atoms in total. The van der Waals surface area contributed by atoms with E-state index < -0.39 is 10.0 Å². The summed E-state index contributed by atoms with van der Waals surface area (Å²) >= 11 is 0. The second-order valence-corrected chi connectivity index (χ2v) is 9.34. The first-order valence-corrected chi connectivity index (χ1v) is 11.7.